The van der Waals surface area contributed by atoms with Gasteiger partial charge in [-0.25, -0.2) is 24.0 Å². The van der Waals surface area contributed by atoms with Crippen LogP contribution in [-0.2, 0) is 10.0 Å². The molecule has 3 N–H and O–H groups in total. The Kier molecular flexibility index (Phi) is 4.22. The van der Waals surface area contributed by atoms with Gasteiger partial charge in [0.05, 0.1) is 10.6 Å². The molecule has 2 heterocycles. The summed E-state index contributed by atoms with van der Waals surface area (Å²) < 4.78 is 28.5. The van der Waals surface area contributed by atoms with E-state index < -0.39 is 10.0 Å². The smallest absolute Gasteiger partial charge is 0.215 e. The maximum absolute atomic E-state index is 12.7. The van der Waals surface area contributed by atoms with Crippen LogP contribution in [0.4, 0.5) is 0 Å². The average molecular weight is 361 g/mol. The average Bonchev–Trinajstić information content (AvgIpc) is 2.89. The Morgan fingerprint density at radius 3 is 2.65 bits per heavy atom. The first-order valence-electron chi connectivity index (χ1n) is 8.81. The number of sulfonamides is 1. The highest BCUT2D eigenvalue weighted by Crippen LogP contribution is 2.42. The van der Waals surface area contributed by atoms with E-state index in [0.29, 0.717) is 17.3 Å². The molecule has 8 heteroatoms. The first-order valence-corrected chi connectivity index (χ1v) is 11.3. The quantitative estimate of drug-likeness (QED) is 0.699. The number of hydrogen-bond acceptors (Lipinski definition) is 6. The van der Waals surface area contributed by atoms with Gasteiger partial charge in [-0.05, 0) is 58.3 Å². The van der Waals surface area contributed by atoms with Crippen LogP contribution in [0.5, 0.6) is 0 Å². The van der Waals surface area contributed by atoms with Crippen LogP contribution in [0.25, 0.3) is 0 Å². The van der Waals surface area contributed by atoms with Gasteiger partial charge in [0.25, 0.3) is 0 Å². The van der Waals surface area contributed by atoms with Gasteiger partial charge in [-0.3, -0.25) is 4.90 Å². The van der Waals surface area contributed by atoms with Crippen molar-refractivity contribution in [2.45, 2.75) is 80.1 Å². The molecule has 4 fully saturated rings. The number of nitrogens with one attached hydrogen (secondary N) is 3. The number of fused-ring (bicyclic) bond motifs is 1. The molecule has 23 heavy (non-hydrogen) atoms. The zero-order valence-electron chi connectivity index (χ0n) is 13.9. The van der Waals surface area contributed by atoms with Crippen molar-refractivity contribution in [3.63, 3.8) is 0 Å². The van der Waals surface area contributed by atoms with Crippen molar-refractivity contribution in [1.82, 2.24) is 20.5 Å². The van der Waals surface area contributed by atoms with Gasteiger partial charge in [0, 0.05) is 18.1 Å². The van der Waals surface area contributed by atoms with Gasteiger partial charge in [-0.1, -0.05) is 0 Å². The molecule has 4 rings (SSSR count). The van der Waals surface area contributed by atoms with E-state index in [2.05, 4.69) is 27.4 Å². The van der Waals surface area contributed by atoms with Crippen LogP contribution in [0, 0.1) is 5.92 Å². The Bertz CT molecular complexity index is 566. The SMILES string of the molecule is CC1NNC(N2CCC3CCC(S(=O)(=O)NC4(C)CC4)CC32)S1. The van der Waals surface area contributed by atoms with Crippen LogP contribution in [0.1, 0.15) is 52.4 Å². The molecule has 2 saturated heterocycles. The molecule has 0 bridgehead atoms. The van der Waals surface area contributed by atoms with Crippen LogP contribution in [0.2, 0.25) is 0 Å². The molecule has 0 radical (unpaired) electrons. The first-order chi connectivity index (χ1) is 10.9. The third-order valence-electron chi connectivity index (χ3n) is 5.96. The lowest BCUT2D eigenvalue weighted by molar-refractivity contribution is 0.154. The third-order valence-corrected chi connectivity index (χ3v) is 9.22. The second-order valence-electron chi connectivity index (χ2n) is 7.92. The maximum atomic E-state index is 12.7. The first kappa shape index (κ1) is 16.6. The summed E-state index contributed by atoms with van der Waals surface area (Å²) in [7, 11) is -3.19. The van der Waals surface area contributed by atoms with E-state index in [1.807, 2.05) is 18.7 Å². The maximum Gasteiger partial charge on any atom is 0.215 e. The molecule has 6 nitrogen and oxygen atoms in total. The summed E-state index contributed by atoms with van der Waals surface area (Å²) >= 11 is 1.89. The second-order valence-corrected chi connectivity index (χ2v) is 11.3. The highest BCUT2D eigenvalue weighted by atomic mass is 32.2. The molecule has 5 atom stereocenters. The van der Waals surface area contributed by atoms with Gasteiger partial charge in [0.15, 0.2) is 0 Å². The molecular formula is C15H28N4O2S2. The number of likely N-dealkylation sites (tertiary alicyclic amines) is 1. The Hall–Kier alpha value is 0.140. The fourth-order valence-electron chi connectivity index (χ4n) is 4.30. The van der Waals surface area contributed by atoms with Crippen molar-refractivity contribution >= 4 is 21.8 Å². The highest BCUT2D eigenvalue weighted by Gasteiger charge is 2.48. The van der Waals surface area contributed by atoms with Crippen LogP contribution < -0.4 is 15.6 Å². The topological polar surface area (TPSA) is 73.5 Å². The van der Waals surface area contributed by atoms with Gasteiger partial charge >= 0.3 is 0 Å². The lowest BCUT2D eigenvalue weighted by Crippen LogP contribution is -2.51. The summed E-state index contributed by atoms with van der Waals surface area (Å²) in [5, 5.41) is 0.178. The minimum Gasteiger partial charge on any atom is -0.275 e. The molecule has 4 aliphatic rings. The van der Waals surface area contributed by atoms with Crippen LogP contribution >= 0.6 is 11.8 Å². The highest BCUT2D eigenvalue weighted by molar-refractivity contribution is 8.00. The standard InChI is InChI=1S/C15H28N4O2S2/c1-10-16-17-14(22-10)19-8-5-11-3-4-12(9-13(11)19)23(20,21)18-15(2)6-7-15/h10-14,16-18H,3-9H2,1-2H3. The monoisotopic (exact) mass is 360 g/mol. The molecular weight excluding hydrogens is 332 g/mol. The van der Waals surface area contributed by atoms with Gasteiger partial charge in [0.1, 0.15) is 5.50 Å². The number of nitrogens with zero attached hydrogens (tertiary/aromatic N) is 1. The number of thioether (sulfide) groups is 1. The molecule has 0 aromatic carbocycles. The van der Waals surface area contributed by atoms with Gasteiger partial charge in [0.2, 0.25) is 10.0 Å². The van der Waals surface area contributed by atoms with E-state index in [-0.39, 0.29) is 16.3 Å². The zero-order chi connectivity index (χ0) is 16.2. The fourth-order valence-corrected chi connectivity index (χ4v) is 7.33. The van der Waals surface area contributed by atoms with E-state index in [0.717, 1.165) is 38.6 Å². The van der Waals surface area contributed by atoms with Crippen molar-refractivity contribution in [3.8, 4) is 0 Å². The molecule has 2 aliphatic heterocycles. The molecule has 0 amide bonds. The van der Waals surface area contributed by atoms with Crippen molar-refractivity contribution in [3.05, 3.63) is 0 Å². The van der Waals surface area contributed by atoms with E-state index in [4.69, 9.17) is 0 Å². The lowest BCUT2D eigenvalue weighted by atomic mass is 9.85. The molecule has 0 spiro atoms. The largest absolute Gasteiger partial charge is 0.275 e. The Morgan fingerprint density at radius 1 is 1.22 bits per heavy atom. The summed E-state index contributed by atoms with van der Waals surface area (Å²) in [6, 6.07) is 0.398. The van der Waals surface area contributed by atoms with Gasteiger partial charge in [-0.15, -0.1) is 11.8 Å². The normalized spacial score (nSPS) is 43.5. The number of hydrogen-bond donors (Lipinski definition) is 3. The summed E-state index contributed by atoms with van der Waals surface area (Å²) in [6.45, 7) is 5.25. The van der Waals surface area contributed by atoms with Crippen LogP contribution in [0.3, 0.4) is 0 Å². The molecule has 5 unspecified atom stereocenters. The van der Waals surface area contributed by atoms with Crippen molar-refractivity contribution < 1.29 is 8.42 Å². The number of rotatable bonds is 4. The number of hydrazine groups is 1. The molecule has 132 valence electrons. The van der Waals surface area contributed by atoms with Gasteiger partial charge in [-0.2, -0.15) is 0 Å². The van der Waals surface area contributed by atoms with Crippen LogP contribution in [-0.4, -0.2) is 47.6 Å². The Morgan fingerprint density at radius 2 is 2.00 bits per heavy atom. The van der Waals surface area contributed by atoms with Crippen molar-refractivity contribution in [1.29, 1.82) is 0 Å². The molecule has 0 aromatic rings. The molecule has 2 saturated carbocycles. The Balaban J connectivity index is 1.45. The minimum atomic E-state index is -3.19. The summed E-state index contributed by atoms with van der Waals surface area (Å²) in [4.78, 5) is 2.49. The molecule has 0 aromatic heterocycles. The summed E-state index contributed by atoms with van der Waals surface area (Å²) in [5.41, 5.74) is 6.73. The minimum absolute atomic E-state index is 0.159. The van der Waals surface area contributed by atoms with E-state index in [1.165, 1.54) is 6.42 Å². The van der Waals surface area contributed by atoms with Gasteiger partial charge < -0.3 is 0 Å². The van der Waals surface area contributed by atoms with Crippen molar-refractivity contribution in [2.24, 2.45) is 5.92 Å². The van der Waals surface area contributed by atoms with E-state index >= 15 is 0 Å². The second kappa shape index (κ2) is 5.85. The zero-order valence-corrected chi connectivity index (χ0v) is 15.5. The predicted octanol–water partition coefficient (Wildman–Crippen LogP) is 1.17. The van der Waals surface area contributed by atoms with E-state index in [9.17, 15) is 8.42 Å². The third kappa shape index (κ3) is 3.30. The van der Waals surface area contributed by atoms with Crippen molar-refractivity contribution in [2.75, 3.05) is 6.54 Å². The predicted molar refractivity (Wildman–Crippen MR) is 93.0 cm³/mol. The lowest BCUT2D eigenvalue weighted by Gasteiger charge is -2.38. The fraction of sp³-hybridized carbons (Fsp3) is 1.00. The Labute approximate surface area is 143 Å². The summed E-state index contributed by atoms with van der Waals surface area (Å²) in [6.07, 6.45) is 5.80. The van der Waals surface area contributed by atoms with Crippen LogP contribution in [0.15, 0.2) is 0 Å². The summed E-state index contributed by atoms with van der Waals surface area (Å²) in [5.74, 6) is 0.663. The van der Waals surface area contributed by atoms with E-state index in [1.54, 1.807) is 0 Å². The molecule has 2 aliphatic carbocycles.